The van der Waals surface area contributed by atoms with Gasteiger partial charge in [0.15, 0.2) is 0 Å². The number of pyridine rings is 1. The first-order valence-corrected chi connectivity index (χ1v) is 8.10. The van der Waals surface area contributed by atoms with Gasteiger partial charge in [0.1, 0.15) is 17.2 Å². The van der Waals surface area contributed by atoms with E-state index in [0.29, 0.717) is 28.3 Å². The molecular weight excluding hydrogens is 330 g/mol. The zero-order valence-corrected chi connectivity index (χ0v) is 14.1. The number of hydrogen-bond acceptors (Lipinski definition) is 5. The summed E-state index contributed by atoms with van der Waals surface area (Å²) in [6.45, 7) is 1.78. The third kappa shape index (κ3) is 4.15. The Morgan fingerprint density at radius 3 is 2.62 bits per heavy atom. The fourth-order valence-electron chi connectivity index (χ4n) is 2.36. The Balaban J connectivity index is 1.77. The third-order valence-electron chi connectivity index (χ3n) is 3.67. The number of nitrogens with one attached hydrogen (secondary N) is 1. The first-order valence-electron chi connectivity index (χ1n) is 8.10. The molecule has 6 heteroatoms. The number of aromatic nitrogens is 1. The van der Waals surface area contributed by atoms with Gasteiger partial charge in [0.05, 0.1) is 23.3 Å². The van der Waals surface area contributed by atoms with E-state index in [4.69, 9.17) is 10.00 Å². The van der Waals surface area contributed by atoms with Crippen LogP contribution in [0, 0.1) is 11.3 Å². The average molecular weight is 347 g/mol. The Labute approximate surface area is 150 Å². The van der Waals surface area contributed by atoms with Crippen LogP contribution in [0.3, 0.4) is 0 Å². The van der Waals surface area contributed by atoms with Gasteiger partial charge in [-0.2, -0.15) is 5.26 Å². The van der Waals surface area contributed by atoms with Crippen LogP contribution < -0.4 is 10.1 Å². The van der Waals surface area contributed by atoms with Crippen molar-refractivity contribution in [3.05, 3.63) is 65.9 Å². The fraction of sp³-hybridized carbons (Fsp3) is 0.150. The molecular formula is C20H17N3O3. The Bertz CT molecular complexity index is 976. The number of benzene rings is 2. The summed E-state index contributed by atoms with van der Waals surface area (Å²) in [4.78, 5) is 16.4. The van der Waals surface area contributed by atoms with Crippen LogP contribution in [0.25, 0.3) is 10.9 Å². The summed E-state index contributed by atoms with van der Waals surface area (Å²) in [5, 5.41) is 21.5. The molecule has 3 rings (SSSR count). The Morgan fingerprint density at radius 2 is 1.92 bits per heavy atom. The predicted octanol–water partition coefficient (Wildman–Crippen LogP) is 3.01. The van der Waals surface area contributed by atoms with E-state index in [9.17, 15) is 9.90 Å². The summed E-state index contributed by atoms with van der Waals surface area (Å²) in [6.07, 6.45) is -0.610. The maximum Gasteiger partial charge on any atom is 0.269 e. The number of nitriles is 1. The van der Waals surface area contributed by atoms with Gasteiger partial charge >= 0.3 is 0 Å². The van der Waals surface area contributed by atoms with E-state index in [0.717, 1.165) is 5.39 Å². The van der Waals surface area contributed by atoms with E-state index < -0.39 is 6.10 Å². The highest BCUT2D eigenvalue weighted by molar-refractivity contribution is 5.95. The molecule has 1 aromatic heterocycles. The predicted molar refractivity (Wildman–Crippen MR) is 97.0 cm³/mol. The van der Waals surface area contributed by atoms with E-state index in [2.05, 4.69) is 16.4 Å². The lowest BCUT2D eigenvalue weighted by molar-refractivity contribution is 0.0919. The van der Waals surface area contributed by atoms with Crippen LogP contribution in [0.5, 0.6) is 11.5 Å². The van der Waals surface area contributed by atoms with Gasteiger partial charge in [0, 0.05) is 11.9 Å². The minimum atomic E-state index is -0.610. The SMILES string of the molecule is C[C@H](O)CNC(=O)c1ccc2cc(Oc3ccc(C#N)cc3)ccc2n1. The second-order valence-corrected chi connectivity index (χ2v) is 5.85. The molecule has 26 heavy (non-hydrogen) atoms. The molecule has 0 aliphatic carbocycles. The zero-order chi connectivity index (χ0) is 18.5. The molecule has 0 radical (unpaired) electrons. The van der Waals surface area contributed by atoms with Crippen LogP contribution in [0.2, 0.25) is 0 Å². The van der Waals surface area contributed by atoms with Crippen molar-refractivity contribution in [1.29, 1.82) is 5.26 Å². The van der Waals surface area contributed by atoms with Crippen LogP contribution in [0.15, 0.2) is 54.6 Å². The maximum atomic E-state index is 12.0. The highest BCUT2D eigenvalue weighted by Gasteiger charge is 2.09. The first-order chi connectivity index (χ1) is 12.5. The van der Waals surface area contributed by atoms with Crippen LogP contribution in [-0.2, 0) is 0 Å². The van der Waals surface area contributed by atoms with Gasteiger partial charge in [0.25, 0.3) is 5.91 Å². The van der Waals surface area contributed by atoms with E-state index >= 15 is 0 Å². The number of ether oxygens (including phenoxy) is 1. The van der Waals surface area contributed by atoms with Crippen LogP contribution in [0.1, 0.15) is 23.0 Å². The normalized spacial score (nSPS) is 11.6. The Morgan fingerprint density at radius 1 is 1.19 bits per heavy atom. The lowest BCUT2D eigenvalue weighted by atomic mass is 10.2. The highest BCUT2D eigenvalue weighted by Crippen LogP contribution is 2.25. The molecule has 3 aromatic rings. The molecule has 0 saturated heterocycles. The van der Waals surface area contributed by atoms with E-state index in [1.54, 1.807) is 55.5 Å². The molecule has 0 aliphatic heterocycles. The molecule has 1 heterocycles. The Kier molecular flexibility index (Phi) is 5.11. The largest absolute Gasteiger partial charge is 0.457 e. The quantitative estimate of drug-likeness (QED) is 0.740. The summed E-state index contributed by atoms with van der Waals surface area (Å²) in [7, 11) is 0. The molecule has 0 spiro atoms. The highest BCUT2D eigenvalue weighted by atomic mass is 16.5. The van der Waals surface area contributed by atoms with Crippen LogP contribution in [-0.4, -0.2) is 28.6 Å². The molecule has 0 aliphatic rings. The lowest BCUT2D eigenvalue weighted by Gasteiger charge is -2.09. The topological polar surface area (TPSA) is 95.2 Å². The number of hydrogen-bond donors (Lipinski definition) is 2. The van der Waals surface area contributed by atoms with Crippen molar-refractivity contribution in [3.63, 3.8) is 0 Å². The molecule has 0 bridgehead atoms. The summed E-state index contributed by atoms with van der Waals surface area (Å²) < 4.78 is 5.78. The van der Waals surface area contributed by atoms with Crippen molar-refractivity contribution < 1.29 is 14.6 Å². The molecule has 2 aromatic carbocycles. The molecule has 0 unspecified atom stereocenters. The van der Waals surface area contributed by atoms with Crippen molar-refractivity contribution >= 4 is 16.8 Å². The van der Waals surface area contributed by atoms with E-state index in [1.165, 1.54) is 0 Å². The summed E-state index contributed by atoms with van der Waals surface area (Å²) in [5.41, 5.74) is 1.53. The van der Waals surface area contributed by atoms with Crippen LogP contribution in [0.4, 0.5) is 0 Å². The van der Waals surface area contributed by atoms with Gasteiger partial charge in [-0.3, -0.25) is 4.79 Å². The standard InChI is InChI=1S/C20H17N3O3/c1-13(24)12-22-20(25)19-8-4-15-10-17(7-9-18(15)23-19)26-16-5-2-14(11-21)3-6-16/h2-10,13,24H,12H2,1H3,(H,22,25)/t13-/m0/s1. The molecule has 1 amide bonds. The molecule has 130 valence electrons. The van der Waals surface area contributed by atoms with Crippen molar-refractivity contribution in [2.45, 2.75) is 13.0 Å². The number of aliphatic hydroxyl groups is 1. The molecule has 1 atom stereocenters. The van der Waals surface area contributed by atoms with Crippen LogP contribution >= 0.6 is 0 Å². The van der Waals surface area contributed by atoms with Gasteiger partial charge in [-0.25, -0.2) is 4.98 Å². The summed E-state index contributed by atoms with van der Waals surface area (Å²) >= 11 is 0. The van der Waals surface area contributed by atoms with Gasteiger partial charge < -0.3 is 15.2 Å². The number of amides is 1. The number of rotatable bonds is 5. The second-order valence-electron chi connectivity index (χ2n) is 5.85. The molecule has 6 nitrogen and oxygen atoms in total. The third-order valence-corrected chi connectivity index (χ3v) is 3.67. The second kappa shape index (κ2) is 7.64. The van der Waals surface area contributed by atoms with Crippen molar-refractivity contribution in [2.24, 2.45) is 0 Å². The number of carbonyl (C=O) groups is 1. The fourth-order valence-corrected chi connectivity index (χ4v) is 2.36. The number of fused-ring (bicyclic) bond motifs is 1. The summed E-state index contributed by atoms with van der Waals surface area (Å²) in [5.74, 6) is 0.937. The molecule has 0 fully saturated rings. The minimum absolute atomic E-state index is 0.177. The maximum absolute atomic E-state index is 12.0. The summed E-state index contributed by atoms with van der Waals surface area (Å²) in [6, 6.07) is 17.7. The van der Waals surface area contributed by atoms with Crippen molar-refractivity contribution in [1.82, 2.24) is 10.3 Å². The minimum Gasteiger partial charge on any atom is -0.457 e. The van der Waals surface area contributed by atoms with Crippen molar-refractivity contribution in [3.8, 4) is 17.6 Å². The van der Waals surface area contributed by atoms with Gasteiger partial charge in [-0.15, -0.1) is 0 Å². The monoisotopic (exact) mass is 347 g/mol. The van der Waals surface area contributed by atoms with Gasteiger partial charge in [-0.05, 0) is 55.5 Å². The number of nitrogens with zero attached hydrogens (tertiary/aromatic N) is 2. The van der Waals surface area contributed by atoms with Gasteiger partial charge in [-0.1, -0.05) is 6.07 Å². The van der Waals surface area contributed by atoms with Crippen molar-refractivity contribution in [2.75, 3.05) is 6.54 Å². The number of carbonyl (C=O) groups excluding carboxylic acids is 1. The van der Waals surface area contributed by atoms with Gasteiger partial charge in [0.2, 0.25) is 0 Å². The molecule has 2 N–H and O–H groups in total. The lowest BCUT2D eigenvalue weighted by Crippen LogP contribution is -2.31. The smallest absolute Gasteiger partial charge is 0.269 e. The Hall–Kier alpha value is -3.43. The molecule has 0 saturated carbocycles. The van der Waals surface area contributed by atoms with E-state index in [-0.39, 0.29) is 12.5 Å². The first kappa shape index (κ1) is 17.4. The number of aliphatic hydroxyl groups excluding tert-OH is 1. The zero-order valence-electron chi connectivity index (χ0n) is 14.1. The van der Waals surface area contributed by atoms with E-state index in [1.807, 2.05) is 6.07 Å². The average Bonchev–Trinajstić information content (AvgIpc) is 2.66.